The lowest BCUT2D eigenvalue weighted by molar-refractivity contribution is 0.409. The second-order valence-corrected chi connectivity index (χ2v) is 5.57. The molecule has 0 bridgehead atoms. The van der Waals surface area contributed by atoms with Gasteiger partial charge < -0.3 is 0 Å². The zero-order chi connectivity index (χ0) is 16.3. The van der Waals surface area contributed by atoms with E-state index in [1.807, 2.05) is 0 Å². The predicted molar refractivity (Wildman–Crippen MR) is 65.2 cm³/mol. The first-order chi connectivity index (χ1) is 9.50. The smallest absolute Gasteiger partial charge is 0.198 e. The highest BCUT2D eigenvalue weighted by molar-refractivity contribution is 6.15. The highest BCUT2D eigenvalue weighted by atomic mass is 19.2. The Morgan fingerprint density at radius 1 is 0.571 bits per heavy atom. The summed E-state index contributed by atoms with van der Waals surface area (Å²) in [4.78, 5) is 0. The van der Waals surface area contributed by atoms with Crippen LogP contribution >= 0.6 is 0 Å². The van der Waals surface area contributed by atoms with Crippen molar-refractivity contribution in [3.63, 3.8) is 0 Å². The fourth-order valence-corrected chi connectivity index (χ4v) is 2.14. The van der Waals surface area contributed by atoms with Crippen molar-refractivity contribution in [3.05, 3.63) is 46.3 Å². The highest BCUT2D eigenvalue weighted by Crippen LogP contribution is 2.37. The second-order valence-electron chi connectivity index (χ2n) is 5.57. The van der Waals surface area contributed by atoms with Gasteiger partial charge in [-0.25, -0.2) is 30.7 Å². The van der Waals surface area contributed by atoms with E-state index in [2.05, 4.69) is 0 Å². The molecule has 0 heterocycles. The third-order valence-electron chi connectivity index (χ3n) is 3.09. The van der Waals surface area contributed by atoms with E-state index in [0.29, 0.717) is 0 Å². The van der Waals surface area contributed by atoms with Gasteiger partial charge in [0.1, 0.15) is 13.7 Å². The number of hydrogen-bond acceptors (Lipinski definition) is 0. The summed E-state index contributed by atoms with van der Waals surface area (Å²) in [6, 6.07) is 0. The van der Waals surface area contributed by atoms with Crippen LogP contribution in [0, 0.1) is 40.7 Å². The third kappa shape index (κ3) is 2.08. The molecule has 0 nitrogen and oxygen atoms in total. The minimum absolute atomic E-state index is 0.878. The summed E-state index contributed by atoms with van der Waals surface area (Å²) in [5, 5.41) is -4.35. The lowest BCUT2D eigenvalue weighted by Crippen LogP contribution is -2.23. The molecule has 2 aromatic carbocycles. The van der Waals surface area contributed by atoms with Crippen molar-refractivity contribution in [2.24, 2.45) is 0 Å². The molecule has 0 spiro atoms. The molecule has 112 valence electrons. The fraction of sp³-hybridized carbons (Fsp3) is 0.231. The number of benzene rings is 2. The first-order valence-electron chi connectivity index (χ1n) is 5.82. The van der Waals surface area contributed by atoms with Gasteiger partial charge in [0.15, 0.2) is 34.9 Å². The SMILES string of the molecule is BC(C)(C)c1c(F)c(F)c2c(F)c(F)c(F)c(F)c2c1F. The molecule has 0 radical (unpaired) electrons. The van der Waals surface area contributed by atoms with Crippen molar-refractivity contribution in [1.29, 1.82) is 0 Å². The molecule has 8 heteroatoms. The monoisotopic (exact) mass is 308 g/mol. The van der Waals surface area contributed by atoms with Crippen LogP contribution < -0.4 is 0 Å². The summed E-state index contributed by atoms with van der Waals surface area (Å²) in [7, 11) is 1.30. The Labute approximate surface area is 116 Å². The van der Waals surface area contributed by atoms with Crippen LogP contribution in [-0.2, 0) is 5.31 Å². The number of rotatable bonds is 1. The van der Waals surface area contributed by atoms with E-state index in [0.717, 1.165) is 0 Å². The molecular weight excluding hydrogens is 300 g/mol. The average Bonchev–Trinajstić information content (AvgIpc) is 2.36. The van der Waals surface area contributed by atoms with Crippen LogP contribution in [0.25, 0.3) is 10.8 Å². The second kappa shape index (κ2) is 4.64. The number of hydrogen-bond donors (Lipinski definition) is 0. The molecule has 2 aromatic rings. The van der Waals surface area contributed by atoms with Gasteiger partial charge in [0, 0.05) is 5.56 Å². The zero-order valence-electron chi connectivity index (χ0n) is 11.1. The first-order valence-corrected chi connectivity index (χ1v) is 5.82. The van der Waals surface area contributed by atoms with Crippen LogP contribution in [0.5, 0.6) is 0 Å². The summed E-state index contributed by atoms with van der Waals surface area (Å²) in [5.74, 6) is -14.3. The zero-order valence-corrected chi connectivity index (χ0v) is 11.1. The van der Waals surface area contributed by atoms with E-state index in [9.17, 15) is 30.7 Å². The van der Waals surface area contributed by atoms with Gasteiger partial charge in [-0.15, -0.1) is 0 Å². The lowest BCUT2D eigenvalue weighted by Gasteiger charge is -2.22. The van der Waals surface area contributed by atoms with Gasteiger partial charge in [-0.2, -0.15) is 0 Å². The highest BCUT2D eigenvalue weighted by Gasteiger charge is 2.34. The van der Waals surface area contributed by atoms with Gasteiger partial charge in [-0.3, -0.25) is 0 Å². The largest absolute Gasteiger partial charge is 0.206 e. The molecule has 0 saturated carbocycles. The van der Waals surface area contributed by atoms with E-state index in [4.69, 9.17) is 0 Å². The maximum absolute atomic E-state index is 14.3. The quantitative estimate of drug-likeness (QED) is 0.326. The van der Waals surface area contributed by atoms with E-state index < -0.39 is 62.4 Å². The fourth-order valence-electron chi connectivity index (χ4n) is 2.14. The van der Waals surface area contributed by atoms with Crippen molar-refractivity contribution in [3.8, 4) is 0 Å². The molecule has 0 unspecified atom stereocenters. The van der Waals surface area contributed by atoms with Crippen molar-refractivity contribution < 1.29 is 30.7 Å². The molecule has 0 aromatic heterocycles. The Morgan fingerprint density at radius 2 is 0.905 bits per heavy atom. The minimum Gasteiger partial charge on any atom is -0.206 e. The van der Waals surface area contributed by atoms with Gasteiger partial charge in [0.2, 0.25) is 0 Å². The van der Waals surface area contributed by atoms with Gasteiger partial charge in [0.05, 0.1) is 10.8 Å². The maximum atomic E-state index is 14.3. The lowest BCUT2D eigenvalue weighted by atomic mass is 9.66. The molecule has 0 atom stereocenters. The molecule has 2 rings (SSSR count). The van der Waals surface area contributed by atoms with Crippen LogP contribution in [0.1, 0.15) is 19.4 Å². The summed E-state index contributed by atoms with van der Waals surface area (Å²) < 4.78 is 95.5. The molecule has 0 saturated heterocycles. The summed E-state index contributed by atoms with van der Waals surface area (Å²) in [5.41, 5.74) is -0.878. The third-order valence-corrected chi connectivity index (χ3v) is 3.09. The van der Waals surface area contributed by atoms with E-state index in [-0.39, 0.29) is 0 Å². The van der Waals surface area contributed by atoms with Gasteiger partial charge in [-0.1, -0.05) is 13.8 Å². The van der Waals surface area contributed by atoms with E-state index in [1.165, 1.54) is 21.7 Å². The van der Waals surface area contributed by atoms with Crippen molar-refractivity contribution in [2.45, 2.75) is 19.2 Å². The van der Waals surface area contributed by atoms with E-state index >= 15 is 0 Å². The molecule has 0 aliphatic rings. The molecule has 21 heavy (non-hydrogen) atoms. The van der Waals surface area contributed by atoms with Crippen molar-refractivity contribution in [1.82, 2.24) is 0 Å². The van der Waals surface area contributed by atoms with E-state index in [1.54, 1.807) is 0 Å². The molecule has 0 N–H and O–H groups in total. The van der Waals surface area contributed by atoms with Gasteiger partial charge in [0.25, 0.3) is 0 Å². The Bertz CT molecular complexity index is 762. The van der Waals surface area contributed by atoms with Crippen LogP contribution in [0.2, 0.25) is 0 Å². The number of halogens is 7. The number of fused-ring (bicyclic) bond motifs is 1. The predicted octanol–water partition coefficient (Wildman–Crippen LogP) is 3.68. The molecular formula is C13H8BF7. The van der Waals surface area contributed by atoms with Crippen LogP contribution in [0.4, 0.5) is 30.7 Å². The molecule has 0 aliphatic heterocycles. The average molecular weight is 308 g/mol. The molecule has 0 aliphatic carbocycles. The normalized spacial score (nSPS) is 12.2. The van der Waals surface area contributed by atoms with Crippen LogP contribution in [0.15, 0.2) is 0 Å². The summed E-state index contributed by atoms with van der Waals surface area (Å²) in [6.45, 7) is 2.60. The molecule has 0 fully saturated rings. The summed E-state index contributed by atoms with van der Waals surface area (Å²) >= 11 is 0. The van der Waals surface area contributed by atoms with Crippen LogP contribution in [-0.4, -0.2) is 7.85 Å². The summed E-state index contributed by atoms with van der Waals surface area (Å²) in [6.07, 6.45) is 0. The van der Waals surface area contributed by atoms with Crippen molar-refractivity contribution in [2.75, 3.05) is 0 Å². The maximum Gasteiger partial charge on any atom is 0.198 e. The Hall–Kier alpha value is -1.73. The first kappa shape index (κ1) is 15.7. The minimum atomic E-state index is -2.33. The topological polar surface area (TPSA) is 0 Å². The van der Waals surface area contributed by atoms with Crippen LogP contribution in [0.3, 0.4) is 0 Å². The Kier molecular flexibility index (Phi) is 3.46. The van der Waals surface area contributed by atoms with Crippen molar-refractivity contribution >= 4 is 18.6 Å². The van der Waals surface area contributed by atoms with Gasteiger partial charge in [-0.05, 0) is 5.31 Å². The van der Waals surface area contributed by atoms with Gasteiger partial charge >= 0.3 is 0 Å². The standard InChI is InChI=1S/C13H8BF7/c1-13(2,14)5-6(15)3-4(7(16)10(5)19)9(18)12(21)11(20)8(3)17/h14H2,1-2H3. The Balaban J connectivity index is 3.19. The Morgan fingerprint density at radius 3 is 1.29 bits per heavy atom. The molecule has 0 amide bonds.